The molecule has 3 heteroatoms. The maximum absolute atomic E-state index is 12.7. The molecule has 1 unspecified atom stereocenters. The van der Waals surface area contributed by atoms with Crippen molar-refractivity contribution in [1.29, 1.82) is 0 Å². The third-order valence-electron chi connectivity index (χ3n) is 5.15. The Labute approximate surface area is 156 Å². The number of hydrogen-bond acceptors (Lipinski definition) is 1. The average Bonchev–Trinajstić information content (AvgIpc) is 2.65. The van der Waals surface area contributed by atoms with Crippen LogP contribution in [0.15, 0.2) is 54.6 Å². The third-order valence-corrected chi connectivity index (χ3v) is 5.15. The zero-order chi connectivity index (χ0) is 18.5. The van der Waals surface area contributed by atoms with Gasteiger partial charge in [-0.1, -0.05) is 60.2 Å². The first kappa shape index (κ1) is 18.4. The topological polar surface area (TPSA) is 24.8 Å². The van der Waals surface area contributed by atoms with Gasteiger partial charge in [-0.25, -0.2) is 0 Å². The Morgan fingerprint density at radius 2 is 1.88 bits per heavy atom. The molecule has 3 rings (SSSR count). The quantitative estimate of drug-likeness (QED) is 0.882. The summed E-state index contributed by atoms with van der Waals surface area (Å²) >= 11 is 0. The van der Waals surface area contributed by atoms with Crippen LogP contribution in [-0.2, 0) is 11.3 Å². The number of rotatable bonds is 5. The van der Waals surface area contributed by atoms with E-state index in [2.05, 4.69) is 69.4 Å². The molecule has 1 amide bonds. The van der Waals surface area contributed by atoms with Crippen LogP contribution in [0.3, 0.4) is 0 Å². The molecule has 0 saturated carbocycles. The number of amides is 1. The van der Waals surface area contributed by atoms with Crippen molar-refractivity contribution < 1.29 is 9.69 Å². The van der Waals surface area contributed by atoms with Gasteiger partial charge in [-0.05, 0) is 37.0 Å². The smallest absolute Gasteiger partial charge is 0.278 e. The average molecular weight is 349 g/mol. The van der Waals surface area contributed by atoms with Crippen LogP contribution < -0.4 is 4.90 Å². The fourth-order valence-electron chi connectivity index (χ4n) is 3.61. The van der Waals surface area contributed by atoms with Crippen molar-refractivity contribution in [2.45, 2.75) is 26.8 Å². The van der Waals surface area contributed by atoms with E-state index in [9.17, 15) is 4.79 Å². The second-order valence-corrected chi connectivity index (χ2v) is 7.43. The number of nitrogens with one attached hydrogen (secondary N) is 1. The lowest BCUT2D eigenvalue weighted by atomic mass is 9.99. The van der Waals surface area contributed by atoms with Gasteiger partial charge >= 0.3 is 0 Å². The van der Waals surface area contributed by atoms with E-state index in [-0.39, 0.29) is 5.91 Å². The van der Waals surface area contributed by atoms with Gasteiger partial charge in [0.25, 0.3) is 5.91 Å². The highest BCUT2D eigenvalue weighted by Gasteiger charge is 2.21. The van der Waals surface area contributed by atoms with Crippen LogP contribution >= 0.6 is 0 Å². The Hall–Kier alpha value is -2.39. The molecule has 2 aromatic carbocycles. The lowest BCUT2D eigenvalue weighted by Crippen LogP contribution is -3.09. The molecule has 0 aliphatic carbocycles. The van der Waals surface area contributed by atoms with Crippen molar-refractivity contribution in [2.24, 2.45) is 0 Å². The summed E-state index contributed by atoms with van der Waals surface area (Å²) in [5.74, 6) is 0.246. The van der Waals surface area contributed by atoms with Gasteiger partial charge < -0.3 is 9.80 Å². The minimum Gasteiger partial charge on any atom is -0.334 e. The van der Waals surface area contributed by atoms with E-state index in [0.29, 0.717) is 6.54 Å². The van der Waals surface area contributed by atoms with Crippen molar-refractivity contribution in [3.8, 4) is 0 Å². The number of carbonyl (C=O) groups excluding carboxylic acids is 1. The van der Waals surface area contributed by atoms with Gasteiger partial charge in [0.2, 0.25) is 0 Å². The normalized spacial score (nSPS) is 15.5. The third kappa shape index (κ3) is 4.61. The summed E-state index contributed by atoms with van der Waals surface area (Å²) in [6, 6.07) is 17.0. The highest BCUT2D eigenvalue weighted by Crippen LogP contribution is 2.21. The predicted octanol–water partition coefficient (Wildman–Crippen LogP) is 2.63. The van der Waals surface area contributed by atoms with Crippen LogP contribution in [-0.4, -0.2) is 37.5 Å². The minimum absolute atomic E-state index is 0.246. The molecule has 1 atom stereocenters. The first-order valence-electron chi connectivity index (χ1n) is 9.42. The highest BCUT2D eigenvalue weighted by atomic mass is 16.2. The highest BCUT2D eigenvalue weighted by molar-refractivity contribution is 5.79. The number of aryl methyl sites for hydroxylation is 2. The molecule has 0 bridgehead atoms. The first-order valence-corrected chi connectivity index (χ1v) is 9.42. The van der Waals surface area contributed by atoms with E-state index in [0.717, 1.165) is 26.1 Å². The zero-order valence-corrected chi connectivity index (χ0v) is 16.1. The molecule has 1 heterocycles. The fourth-order valence-corrected chi connectivity index (χ4v) is 3.61. The van der Waals surface area contributed by atoms with Crippen LogP contribution in [0.25, 0.3) is 5.57 Å². The number of likely N-dealkylation sites (N-methyl/N-ethyl adjacent to an activating group) is 1. The fraction of sp³-hybridized carbons (Fsp3) is 0.348. The summed E-state index contributed by atoms with van der Waals surface area (Å²) in [6.07, 6.45) is 3.14. The minimum atomic E-state index is 0.246. The summed E-state index contributed by atoms with van der Waals surface area (Å²) < 4.78 is 0. The summed E-state index contributed by atoms with van der Waals surface area (Å²) in [4.78, 5) is 15.9. The monoisotopic (exact) mass is 349 g/mol. The molecule has 0 fully saturated rings. The van der Waals surface area contributed by atoms with Crippen molar-refractivity contribution in [2.75, 3.05) is 26.7 Å². The molecule has 1 N–H and O–H groups in total. The number of nitrogens with zero attached hydrogens (tertiary/aromatic N) is 1. The van der Waals surface area contributed by atoms with Gasteiger partial charge in [0.05, 0.1) is 7.05 Å². The molecule has 3 nitrogen and oxygen atoms in total. The lowest BCUT2D eigenvalue weighted by molar-refractivity contribution is -0.885. The summed E-state index contributed by atoms with van der Waals surface area (Å²) in [5, 5.41) is 0. The van der Waals surface area contributed by atoms with E-state index in [1.807, 2.05) is 11.0 Å². The maximum atomic E-state index is 12.7. The summed E-state index contributed by atoms with van der Waals surface area (Å²) in [7, 11) is 2.10. The molecule has 26 heavy (non-hydrogen) atoms. The van der Waals surface area contributed by atoms with Gasteiger partial charge in [0.15, 0.2) is 6.54 Å². The number of carbonyl (C=O) groups is 1. The van der Waals surface area contributed by atoms with E-state index in [4.69, 9.17) is 0 Å². The molecule has 0 spiro atoms. The summed E-state index contributed by atoms with van der Waals surface area (Å²) in [6.45, 7) is 7.23. The van der Waals surface area contributed by atoms with E-state index < -0.39 is 0 Å². The van der Waals surface area contributed by atoms with E-state index >= 15 is 0 Å². The molecular formula is C23H29N2O+. The Kier molecular flexibility index (Phi) is 5.89. The lowest BCUT2D eigenvalue weighted by Gasteiger charge is -2.27. The molecule has 1 aliphatic rings. The van der Waals surface area contributed by atoms with Crippen LogP contribution in [0.4, 0.5) is 0 Å². The Bertz CT molecular complexity index is 795. The number of hydrogen-bond donors (Lipinski definition) is 1. The summed E-state index contributed by atoms with van der Waals surface area (Å²) in [5.41, 5.74) is 6.55. The van der Waals surface area contributed by atoms with Crippen LogP contribution in [0.5, 0.6) is 0 Å². The maximum Gasteiger partial charge on any atom is 0.278 e. The SMILES string of the molecule is Cc1ccc(C[NH+](C)CC(=O)N2CC=C(c3ccccc3)CC2)c(C)c1. The van der Waals surface area contributed by atoms with Crippen LogP contribution in [0.2, 0.25) is 0 Å². The predicted molar refractivity (Wildman–Crippen MR) is 107 cm³/mol. The number of benzene rings is 2. The van der Waals surface area contributed by atoms with Gasteiger partial charge in [-0.3, -0.25) is 4.79 Å². The standard InChI is InChI=1S/C23H28N2O/c1-18-9-10-22(19(2)15-18)16-24(3)17-23(26)25-13-11-21(12-14-25)20-7-5-4-6-8-20/h4-11,15H,12-14,16-17H2,1-3H3/p+1. The Morgan fingerprint density at radius 3 is 2.54 bits per heavy atom. The second-order valence-electron chi connectivity index (χ2n) is 7.43. The molecule has 0 radical (unpaired) electrons. The molecule has 0 saturated heterocycles. The molecule has 2 aromatic rings. The Balaban J connectivity index is 1.54. The molecular weight excluding hydrogens is 320 g/mol. The van der Waals surface area contributed by atoms with Gasteiger partial charge in [0, 0.05) is 18.7 Å². The largest absolute Gasteiger partial charge is 0.334 e. The first-order chi connectivity index (χ1) is 12.5. The molecule has 136 valence electrons. The van der Waals surface area contributed by atoms with E-state index in [1.54, 1.807) is 0 Å². The second kappa shape index (κ2) is 8.33. The van der Waals surface area contributed by atoms with Crippen molar-refractivity contribution in [3.05, 3.63) is 76.9 Å². The van der Waals surface area contributed by atoms with Crippen molar-refractivity contribution in [3.63, 3.8) is 0 Å². The van der Waals surface area contributed by atoms with Crippen LogP contribution in [0.1, 0.15) is 28.7 Å². The number of quaternary nitrogens is 1. The van der Waals surface area contributed by atoms with Gasteiger partial charge in [-0.15, -0.1) is 0 Å². The van der Waals surface area contributed by atoms with Gasteiger partial charge in [0.1, 0.15) is 6.54 Å². The van der Waals surface area contributed by atoms with Crippen molar-refractivity contribution in [1.82, 2.24) is 4.90 Å². The van der Waals surface area contributed by atoms with Crippen molar-refractivity contribution >= 4 is 11.5 Å². The molecule has 1 aliphatic heterocycles. The van der Waals surface area contributed by atoms with Gasteiger partial charge in [-0.2, -0.15) is 0 Å². The Morgan fingerprint density at radius 1 is 1.12 bits per heavy atom. The van der Waals surface area contributed by atoms with Crippen LogP contribution in [0, 0.1) is 13.8 Å². The zero-order valence-electron chi connectivity index (χ0n) is 16.1. The van der Waals surface area contributed by atoms with E-state index in [1.165, 1.54) is 32.7 Å². The molecule has 0 aromatic heterocycles.